The zero-order valence-corrected chi connectivity index (χ0v) is 11.4. The molecule has 0 aliphatic heterocycles. The maximum absolute atomic E-state index is 12.4. The van der Waals surface area contributed by atoms with E-state index < -0.39 is 20.5 Å². The second-order valence-corrected chi connectivity index (χ2v) is 6.20. The number of aromatic nitrogens is 2. The molecule has 18 heavy (non-hydrogen) atoms. The van der Waals surface area contributed by atoms with Crippen molar-refractivity contribution >= 4 is 19.7 Å². The summed E-state index contributed by atoms with van der Waals surface area (Å²) in [5.74, 6) is 0. The summed E-state index contributed by atoms with van der Waals surface area (Å²) in [6, 6.07) is 0. The molecule has 1 aromatic heterocycles. The minimum Gasteiger partial charge on any atom is -0.372 e. The van der Waals surface area contributed by atoms with Gasteiger partial charge in [0.15, 0.2) is 0 Å². The minimum absolute atomic E-state index is 0.120. The van der Waals surface area contributed by atoms with Crippen LogP contribution in [0.1, 0.15) is 32.5 Å². The zero-order valence-electron chi connectivity index (χ0n) is 9.81. The van der Waals surface area contributed by atoms with Gasteiger partial charge in [-0.3, -0.25) is 0 Å². The lowest BCUT2D eigenvalue weighted by atomic mass is 10.3. The molecule has 0 radical (unpaired) electrons. The second-order valence-electron chi connectivity index (χ2n) is 3.67. The highest BCUT2D eigenvalue weighted by Gasteiger charge is 2.23. The van der Waals surface area contributed by atoms with E-state index in [0.29, 0.717) is 12.6 Å². The lowest BCUT2D eigenvalue weighted by Crippen LogP contribution is -2.08. The van der Waals surface area contributed by atoms with Crippen LogP contribution in [-0.4, -0.2) is 24.3 Å². The third kappa shape index (κ3) is 3.89. The van der Waals surface area contributed by atoms with Crippen molar-refractivity contribution in [1.29, 1.82) is 0 Å². The molecule has 1 rings (SSSR count). The Bertz CT molecular complexity index is 504. The highest BCUT2D eigenvalue weighted by Crippen LogP contribution is 2.23. The molecule has 0 bridgehead atoms. The molecule has 0 spiro atoms. The predicted molar refractivity (Wildman–Crippen MR) is 61.1 cm³/mol. The Kier molecular flexibility index (Phi) is 5.06. The van der Waals surface area contributed by atoms with Crippen molar-refractivity contribution < 1.29 is 21.9 Å². The number of alkyl halides is 2. The molecule has 0 saturated carbocycles. The highest BCUT2D eigenvalue weighted by atomic mass is 35.7. The van der Waals surface area contributed by atoms with Gasteiger partial charge in [-0.2, -0.15) is 13.9 Å². The average Bonchev–Trinajstić information content (AvgIpc) is 2.69. The molecule has 0 aliphatic rings. The monoisotopic (exact) mass is 302 g/mol. The van der Waals surface area contributed by atoms with Crippen molar-refractivity contribution in [2.45, 2.75) is 44.4 Å². The van der Waals surface area contributed by atoms with E-state index in [2.05, 4.69) is 5.10 Å². The molecule has 9 heteroatoms. The van der Waals surface area contributed by atoms with Crippen molar-refractivity contribution in [2.24, 2.45) is 0 Å². The lowest BCUT2D eigenvalue weighted by molar-refractivity contribution is 0.0410. The molecule has 1 aromatic rings. The van der Waals surface area contributed by atoms with Gasteiger partial charge in [0.1, 0.15) is 10.6 Å². The molecule has 0 aromatic carbocycles. The van der Waals surface area contributed by atoms with Crippen molar-refractivity contribution in [3.05, 3.63) is 11.9 Å². The topological polar surface area (TPSA) is 61.2 Å². The first-order valence-corrected chi connectivity index (χ1v) is 7.49. The third-order valence-electron chi connectivity index (χ3n) is 2.31. The van der Waals surface area contributed by atoms with Gasteiger partial charge < -0.3 is 4.74 Å². The average molecular weight is 303 g/mol. The summed E-state index contributed by atoms with van der Waals surface area (Å²) in [6.07, 6.45) is 1.27. The van der Waals surface area contributed by atoms with Gasteiger partial charge >= 0.3 is 6.55 Å². The molecule has 1 heterocycles. The maximum Gasteiger partial charge on any atom is 0.333 e. The first kappa shape index (κ1) is 15.3. The summed E-state index contributed by atoms with van der Waals surface area (Å²) in [5.41, 5.74) is -0.120. The largest absolute Gasteiger partial charge is 0.372 e. The van der Waals surface area contributed by atoms with E-state index in [-0.39, 0.29) is 23.1 Å². The van der Waals surface area contributed by atoms with E-state index >= 15 is 0 Å². The molecule has 0 aliphatic carbocycles. The van der Waals surface area contributed by atoms with E-state index in [9.17, 15) is 17.2 Å². The normalized spacial score (nSPS) is 14.1. The van der Waals surface area contributed by atoms with Crippen LogP contribution in [0, 0.1) is 0 Å². The maximum atomic E-state index is 12.4. The van der Waals surface area contributed by atoms with Crippen molar-refractivity contribution in [1.82, 2.24) is 9.78 Å². The molecule has 0 fully saturated rings. The Morgan fingerprint density at radius 1 is 1.56 bits per heavy atom. The van der Waals surface area contributed by atoms with Crippen LogP contribution in [0.2, 0.25) is 0 Å². The number of hydrogen-bond acceptors (Lipinski definition) is 4. The van der Waals surface area contributed by atoms with Crippen LogP contribution in [0.4, 0.5) is 8.78 Å². The van der Waals surface area contributed by atoms with E-state index in [1.807, 2.05) is 6.92 Å². The van der Waals surface area contributed by atoms with Crippen LogP contribution < -0.4 is 0 Å². The van der Waals surface area contributed by atoms with Crippen LogP contribution in [0.25, 0.3) is 0 Å². The van der Waals surface area contributed by atoms with Crippen molar-refractivity contribution in [2.75, 3.05) is 0 Å². The van der Waals surface area contributed by atoms with Gasteiger partial charge in [0.25, 0.3) is 9.05 Å². The summed E-state index contributed by atoms with van der Waals surface area (Å²) in [4.78, 5) is -0.451. The molecule has 5 nitrogen and oxygen atoms in total. The van der Waals surface area contributed by atoms with Gasteiger partial charge in [-0.25, -0.2) is 13.1 Å². The molecular weight excluding hydrogens is 290 g/mol. The first-order chi connectivity index (χ1) is 8.25. The number of ether oxygens (including phenoxy) is 1. The minimum atomic E-state index is -4.13. The number of nitrogens with zero attached hydrogens (tertiary/aromatic N) is 2. The second kappa shape index (κ2) is 5.94. The van der Waals surface area contributed by atoms with Crippen molar-refractivity contribution in [3.63, 3.8) is 0 Å². The van der Waals surface area contributed by atoms with Crippen LogP contribution >= 0.6 is 10.7 Å². The van der Waals surface area contributed by atoms with Gasteiger partial charge in [0, 0.05) is 10.7 Å². The van der Waals surface area contributed by atoms with Crippen LogP contribution in [-0.2, 0) is 20.4 Å². The van der Waals surface area contributed by atoms with E-state index in [0.717, 1.165) is 0 Å². The fourth-order valence-electron chi connectivity index (χ4n) is 1.15. The van der Waals surface area contributed by atoms with E-state index in [1.165, 1.54) is 0 Å². The summed E-state index contributed by atoms with van der Waals surface area (Å²) in [5, 5.41) is 3.46. The van der Waals surface area contributed by atoms with Gasteiger partial charge in [-0.15, -0.1) is 0 Å². The summed E-state index contributed by atoms with van der Waals surface area (Å²) < 4.78 is 52.8. The SMILES string of the molecule is CC[C@H](C)OCc1nn(C(F)F)cc1S(=O)(=O)Cl. The van der Waals surface area contributed by atoms with Crippen LogP contribution in [0.3, 0.4) is 0 Å². The quantitative estimate of drug-likeness (QED) is 0.758. The van der Waals surface area contributed by atoms with E-state index in [4.69, 9.17) is 15.4 Å². The summed E-state index contributed by atoms with van der Waals surface area (Å²) >= 11 is 0. The fraction of sp³-hybridized carbons (Fsp3) is 0.667. The van der Waals surface area contributed by atoms with Crippen LogP contribution in [0.5, 0.6) is 0 Å². The molecule has 0 unspecified atom stereocenters. The summed E-state index contributed by atoms with van der Waals surface area (Å²) in [6.45, 7) is 0.538. The number of rotatable bonds is 6. The van der Waals surface area contributed by atoms with Crippen molar-refractivity contribution in [3.8, 4) is 0 Å². The smallest absolute Gasteiger partial charge is 0.333 e. The number of hydrogen-bond donors (Lipinski definition) is 0. The third-order valence-corrected chi connectivity index (χ3v) is 3.68. The Morgan fingerprint density at radius 2 is 2.17 bits per heavy atom. The molecule has 0 saturated heterocycles. The van der Waals surface area contributed by atoms with Gasteiger partial charge in [-0.1, -0.05) is 6.92 Å². The molecule has 1 atom stereocenters. The van der Waals surface area contributed by atoms with Gasteiger partial charge in [0.05, 0.1) is 18.9 Å². The van der Waals surface area contributed by atoms with Gasteiger partial charge in [-0.05, 0) is 13.3 Å². The van der Waals surface area contributed by atoms with E-state index in [1.54, 1.807) is 6.92 Å². The lowest BCUT2D eigenvalue weighted by Gasteiger charge is -2.09. The Morgan fingerprint density at radius 3 is 2.61 bits per heavy atom. The number of halogens is 3. The zero-order chi connectivity index (χ0) is 13.9. The van der Waals surface area contributed by atoms with Crippen LogP contribution in [0.15, 0.2) is 11.1 Å². The molecular formula is C9H13ClF2N2O3S. The summed E-state index contributed by atoms with van der Waals surface area (Å²) in [7, 11) is 1.02. The first-order valence-electron chi connectivity index (χ1n) is 5.18. The molecule has 0 N–H and O–H groups in total. The Balaban J connectivity index is 3.01. The Hall–Kier alpha value is -0.730. The Labute approximate surface area is 108 Å². The van der Waals surface area contributed by atoms with Gasteiger partial charge in [0.2, 0.25) is 0 Å². The predicted octanol–water partition coefficient (Wildman–Crippen LogP) is 2.52. The molecule has 104 valence electrons. The standard InChI is InChI=1S/C9H13ClF2N2O3S/c1-3-6(2)17-5-7-8(18(10,15)16)4-14(13-7)9(11)12/h4,6,9H,3,5H2,1-2H3/t6-/m0/s1. The molecule has 0 amide bonds. The highest BCUT2D eigenvalue weighted by molar-refractivity contribution is 8.13. The fourth-order valence-corrected chi connectivity index (χ4v) is 2.16.